The van der Waals surface area contributed by atoms with Crippen molar-refractivity contribution >= 4 is 5.97 Å². The minimum Gasteiger partial charge on any atom is -0.462 e. The number of ether oxygens (including phenoxy) is 1. The van der Waals surface area contributed by atoms with Gasteiger partial charge >= 0.3 is 5.97 Å². The van der Waals surface area contributed by atoms with Crippen molar-refractivity contribution in [2.75, 3.05) is 0 Å². The molecule has 2 nitrogen and oxygen atoms in total. The molecule has 50 valence electrons. The van der Waals surface area contributed by atoms with Crippen molar-refractivity contribution in [2.24, 2.45) is 0 Å². The number of hydrogen-bond donors (Lipinski definition) is 0. The summed E-state index contributed by atoms with van der Waals surface area (Å²) in [6, 6.07) is 0. The number of cyclic esters (lactones) is 1. The first-order chi connectivity index (χ1) is 4.18. The summed E-state index contributed by atoms with van der Waals surface area (Å²) in [4.78, 5) is 10.6. The quantitative estimate of drug-likeness (QED) is 0.361. The summed E-state index contributed by atoms with van der Waals surface area (Å²) < 4.78 is 4.86. The van der Waals surface area contributed by atoms with Crippen LogP contribution in [0, 0.1) is 0 Å². The van der Waals surface area contributed by atoms with Gasteiger partial charge in [0.1, 0.15) is 6.10 Å². The molecule has 0 aliphatic carbocycles. The lowest BCUT2D eigenvalue weighted by Gasteiger charge is -2.19. The van der Waals surface area contributed by atoms with Gasteiger partial charge in [0, 0.05) is 6.42 Å². The first-order valence-electron chi connectivity index (χ1n) is 3.04. The van der Waals surface area contributed by atoms with Crippen molar-refractivity contribution in [3.8, 4) is 0 Å². The number of carbonyl (C=O) groups is 1. The standard InChI is InChI=1S/C7H10O2/c1-5-3-6(2)9-7(8)4-5/h6H,1,3-4H2,2H3. The van der Waals surface area contributed by atoms with Gasteiger partial charge in [-0.25, -0.2) is 0 Å². The molecule has 1 saturated heterocycles. The van der Waals surface area contributed by atoms with Crippen LogP contribution in [0.2, 0.25) is 0 Å². The summed E-state index contributed by atoms with van der Waals surface area (Å²) in [6.45, 7) is 5.59. The third kappa shape index (κ3) is 1.56. The van der Waals surface area contributed by atoms with Gasteiger partial charge in [-0.15, -0.1) is 0 Å². The Labute approximate surface area is 54.5 Å². The minimum absolute atomic E-state index is 0.0405. The van der Waals surface area contributed by atoms with E-state index in [0.29, 0.717) is 6.42 Å². The fourth-order valence-electron chi connectivity index (χ4n) is 0.991. The second kappa shape index (κ2) is 2.21. The molecule has 0 saturated carbocycles. The van der Waals surface area contributed by atoms with E-state index in [9.17, 15) is 4.79 Å². The highest BCUT2D eigenvalue weighted by atomic mass is 16.5. The van der Waals surface area contributed by atoms with Crippen LogP contribution in [-0.4, -0.2) is 12.1 Å². The van der Waals surface area contributed by atoms with Crippen LogP contribution in [0.15, 0.2) is 12.2 Å². The first kappa shape index (κ1) is 6.33. The molecule has 0 aromatic carbocycles. The predicted octanol–water partition coefficient (Wildman–Crippen LogP) is 1.27. The molecule has 0 aromatic heterocycles. The van der Waals surface area contributed by atoms with Crippen LogP contribution in [0.3, 0.4) is 0 Å². The van der Waals surface area contributed by atoms with Crippen molar-refractivity contribution in [3.63, 3.8) is 0 Å². The zero-order valence-corrected chi connectivity index (χ0v) is 5.52. The van der Waals surface area contributed by atoms with Crippen LogP contribution < -0.4 is 0 Å². The van der Waals surface area contributed by atoms with Crippen LogP contribution in [0.5, 0.6) is 0 Å². The summed E-state index contributed by atoms with van der Waals surface area (Å²) in [5.41, 5.74) is 0.985. The average Bonchev–Trinajstić information content (AvgIpc) is 1.59. The third-order valence-electron chi connectivity index (χ3n) is 1.30. The van der Waals surface area contributed by atoms with E-state index < -0.39 is 0 Å². The molecular formula is C7H10O2. The Balaban J connectivity index is 2.53. The van der Waals surface area contributed by atoms with E-state index in [1.165, 1.54) is 0 Å². The number of rotatable bonds is 0. The monoisotopic (exact) mass is 126 g/mol. The zero-order chi connectivity index (χ0) is 6.85. The Bertz CT molecular complexity index is 133. The van der Waals surface area contributed by atoms with Gasteiger partial charge in [0.25, 0.3) is 0 Å². The molecule has 0 bridgehead atoms. The molecule has 1 heterocycles. The molecule has 1 aliphatic rings. The largest absolute Gasteiger partial charge is 0.462 e. The second-order valence-corrected chi connectivity index (χ2v) is 2.43. The van der Waals surface area contributed by atoms with Crippen LogP contribution in [0.4, 0.5) is 0 Å². The van der Waals surface area contributed by atoms with Gasteiger partial charge in [-0.1, -0.05) is 12.2 Å². The maximum Gasteiger partial charge on any atom is 0.310 e. The van der Waals surface area contributed by atoms with Gasteiger partial charge in [0.05, 0.1) is 6.42 Å². The fraction of sp³-hybridized carbons (Fsp3) is 0.571. The zero-order valence-electron chi connectivity index (χ0n) is 5.52. The molecule has 1 unspecified atom stereocenters. The van der Waals surface area contributed by atoms with Gasteiger partial charge in [0.2, 0.25) is 0 Å². The van der Waals surface area contributed by atoms with Gasteiger partial charge in [-0.3, -0.25) is 4.79 Å². The molecular weight excluding hydrogens is 116 g/mol. The van der Waals surface area contributed by atoms with Crippen LogP contribution >= 0.6 is 0 Å². The normalized spacial score (nSPS) is 27.9. The van der Waals surface area contributed by atoms with E-state index in [-0.39, 0.29) is 12.1 Å². The first-order valence-corrected chi connectivity index (χ1v) is 3.04. The Morgan fingerprint density at radius 2 is 2.44 bits per heavy atom. The van der Waals surface area contributed by atoms with Crippen LogP contribution in [0.25, 0.3) is 0 Å². The van der Waals surface area contributed by atoms with Crippen molar-refractivity contribution < 1.29 is 9.53 Å². The van der Waals surface area contributed by atoms with Crippen molar-refractivity contribution in [1.82, 2.24) is 0 Å². The smallest absolute Gasteiger partial charge is 0.310 e. The van der Waals surface area contributed by atoms with E-state index in [1.54, 1.807) is 0 Å². The van der Waals surface area contributed by atoms with Gasteiger partial charge < -0.3 is 4.74 Å². The second-order valence-electron chi connectivity index (χ2n) is 2.43. The molecule has 1 fully saturated rings. The molecule has 1 rings (SSSR count). The Kier molecular flexibility index (Phi) is 1.56. The molecule has 1 aliphatic heterocycles. The minimum atomic E-state index is -0.140. The lowest BCUT2D eigenvalue weighted by Crippen LogP contribution is -2.21. The van der Waals surface area contributed by atoms with E-state index in [2.05, 4.69) is 6.58 Å². The van der Waals surface area contributed by atoms with Crippen molar-refractivity contribution in [3.05, 3.63) is 12.2 Å². The topological polar surface area (TPSA) is 26.3 Å². The van der Waals surface area contributed by atoms with E-state index in [4.69, 9.17) is 4.74 Å². The maximum atomic E-state index is 10.6. The summed E-state index contributed by atoms with van der Waals surface area (Å²) in [7, 11) is 0. The van der Waals surface area contributed by atoms with E-state index >= 15 is 0 Å². The fourth-order valence-corrected chi connectivity index (χ4v) is 0.991. The Morgan fingerprint density at radius 1 is 1.78 bits per heavy atom. The predicted molar refractivity (Wildman–Crippen MR) is 33.9 cm³/mol. The van der Waals surface area contributed by atoms with Crippen LogP contribution in [-0.2, 0) is 9.53 Å². The van der Waals surface area contributed by atoms with Gasteiger partial charge in [-0.2, -0.15) is 0 Å². The highest BCUT2D eigenvalue weighted by molar-refractivity contribution is 5.73. The van der Waals surface area contributed by atoms with Gasteiger partial charge in [0.15, 0.2) is 0 Å². The summed E-state index contributed by atoms with van der Waals surface area (Å²) in [5.74, 6) is -0.140. The molecule has 9 heavy (non-hydrogen) atoms. The highest BCUT2D eigenvalue weighted by Gasteiger charge is 2.18. The van der Waals surface area contributed by atoms with Crippen molar-refractivity contribution in [1.29, 1.82) is 0 Å². The molecule has 0 spiro atoms. The lowest BCUT2D eigenvalue weighted by atomic mass is 10.1. The van der Waals surface area contributed by atoms with E-state index in [0.717, 1.165) is 12.0 Å². The Morgan fingerprint density at radius 3 is 2.89 bits per heavy atom. The van der Waals surface area contributed by atoms with Crippen LogP contribution in [0.1, 0.15) is 19.8 Å². The SMILES string of the molecule is C=C1CC(=O)OC(C)C1. The number of hydrogen-bond acceptors (Lipinski definition) is 2. The molecule has 1 atom stereocenters. The summed E-state index contributed by atoms with van der Waals surface area (Å²) in [6.07, 6.45) is 1.27. The third-order valence-corrected chi connectivity index (χ3v) is 1.30. The lowest BCUT2D eigenvalue weighted by molar-refractivity contribution is -0.149. The maximum absolute atomic E-state index is 10.6. The summed E-state index contributed by atoms with van der Waals surface area (Å²) >= 11 is 0. The molecule has 0 radical (unpaired) electrons. The average molecular weight is 126 g/mol. The highest BCUT2D eigenvalue weighted by Crippen LogP contribution is 2.17. The molecule has 0 amide bonds. The summed E-state index contributed by atoms with van der Waals surface area (Å²) in [5, 5.41) is 0. The molecule has 0 N–H and O–H groups in total. The van der Waals surface area contributed by atoms with Gasteiger partial charge in [-0.05, 0) is 6.92 Å². The number of esters is 1. The van der Waals surface area contributed by atoms with Crippen molar-refractivity contribution in [2.45, 2.75) is 25.9 Å². The molecule has 0 aromatic rings. The van der Waals surface area contributed by atoms with E-state index in [1.807, 2.05) is 6.92 Å². The molecule has 2 heteroatoms. The number of carbonyl (C=O) groups excluding carboxylic acids is 1. The Hall–Kier alpha value is -0.790.